The fraction of sp³-hybridized carbons (Fsp3) is 0.667. The summed E-state index contributed by atoms with van der Waals surface area (Å²) in [5, 5.41) is 0.492. The summed E-state index contributed by atoms with van der Waals surface area (Å²) in [6, 6.07) is 1.76. The van der Waals surface area contributed by atoms with Crippen LogP contribution in [0, 0.1) is 0 Å². The Morgan fingerprint density at radius 3 is 2.59 bits per heavy atom. The maximum atomic E-state index is 6.01. The van der Waals surface area contributed by atoms with E-state index in [0.29, 0.717) is 11.8 Å². The zero-order valence-electron chi connectivity index (χ0n) is 10.2. The van der Waals surface area contributed by atoms with Gasteiger partial charge in [-0.05, 0) is 18.9 Å². The van der Waals surface area contributed by atoms with E-state index in [4.69, 9.17) is 16.3 Å². The third kappa shape index (κ3) is 3.54. The summed E-state index contributed by atoms with van der Waals surface area (Å²) in [6.07, 6.45) is 4.99. The Bertz CT molecular complexity index is 365. The van der Waals surface area contributed by atoms with Crippen LogP contribution in [0.1, 0.15) is 31.4 Å². The van der Waals surface area contributed by atoms with E-state index in [9.17, 15) is 0 Å². The fourth-order valence-electron chi connectivity index (χ4n) is 2.08. The number of anilines is 1. The molecule has 94 valence electrons. The van der Waals surface area contributed by atoms with Gasteiger partial charge >= 0.3 is 0 Å². The number of aromatic nitrogens is 2. The van der Waals surface area contributed by atoms with Crippen molar-refractivity contribution in [2.45, 2.75) is 32.3 Å². The maximum Gasteiger partial charge on any atom is 0.227 e. The average molecular weight is 256 g/mol. The summed E-state index contributed by atoms with van der Waals surface area (Å²) < 4.78 is 5.08. The number of halogens is 1. The Hall–Kier alpha value is -0.870. The minimum atomic E-state index is 0.475. The molecule has 1 aliphatic rings. The number of ether oxygens (including phenoxy) is 1. The first kappa shape index (κ1) is 12.6. The van der Waals surface area contributed by atoms with Gasteiger partial charge in [0, 0.05) is 20.2 Å². The zero-order chi connectivity index (χ0) is 12.1. The van der Waals surface area contributed by atoms with Crippen molar-refractivity contribution in [2.24, 2.45) is 0 Å². The molecule has 2 heterocycles. The Balaban J connectivity index is 2.17. The SMILES string of the molecule is COCc1cc(Cl)nc(N2CCCCCC2)n1. The zero-order valence-corrected chi connectivity index (χ0v) is 10.9. The number of nitrogens with zero attached hydrogens (tertiary/aromatic N) is 3. The van der Waals surface area contributed by atoms with Crippen molar-refractivity contribution < 1.29 is 4.74 Å². The van der Waals surface area contributed by atoms with Gasteiger partial charge in [0.1, 0.15) is 5.15 Å². The molecule has 0 atom stereocenters. The van der Waals surface area contributed by atoms with Crippen LogP contribution in [0.4, 0.5) is 5.95 Å². The van der Waals surface area contributed by atoms with Crippen LogP contribution in [0.2, 0.25) is 5.15 Å². The van der Waals surface area contributed by atoms with E-state index in [1.54, 1.807) is 13.2 Å². The van der Waals surface area contributed by atoms with Gasteiger partial charge in [-0.1, -0.05) is 24.4 Å². The van der Waals surface area contributed by atoms with Crippen molar-refractivity contribution in [1.29, 1.82) is 0 Å². The van der Waals surface area contributed by atoms with Crippen molar-refractivity contribution in [1.82, 2.24) is 9.97 Å². The number of methoxy groups -OCH3 is 1. The highest BCUT2D eigenvalue weighted by Crippen LogP contribution is 2.18. The standard InChI is InChI=1S/C12H18ClN3O/c1-17-9-10-8-11(13)15-12(14-10)16-6-4-2-3-5-7-16/h8H,2-7,9H2,1H3. The highest BCUT2D eigenvalue weighted by Gasteiger charge is 2.13. The molecule has 1 aromatic heterocycles. The second-order valence-corrected chi connectivity index (χ2v) is 4.70. The Morgan fingerprint density at radius 2 is 1.94 bits per heavy atom. The molecule has 0 saturated carbocycles. The van der Waals surface area contributed by atoms with Gasteiger partial charge in [0.15, 0.2) is 0 Å². The molecule has 1 saturated heterocycles. The van der Waals surface area contributed by atoms with Gasteiger partial charge in [-0.2, -0.15) is 0 Å². The lowest BCUT2D eigenvalue weighted by Crippen LogP contribution is -2.26. The lowest BCUT2D eigenvalue weighted by molar-refractivity contribution is 0.181. The fourth-order valence-corrected chi connectivity index (χ4v) is 2.29. The molecule has 4 nitrogen and oxygen atoms in total. The van der Waals surface area contributed by atoms with Crippen molar-refractivity contribution in [3.63, 3.8) is 0 Å². The normalized spacial score (nSPS) is 16.9. The molecule has 2 rings (SSSR count). The Labute approximate surface area is 107 Å². The summed E-state index contributed by atoms with van der Waals surface area (Å²) in [7, 11) is 1.65. The molecule has 0 aromatic carbocycles. The third-order valence-corrected chi connectivity index (χ3v) is 3.11. The van der Waals surface area contributed by atoms with Gasteiger partial charge in [0.2, 0.25) is 5.95 Å². The predicted molar refractivity (Wildman–Crippen MR) is 68.4 cm³/mol. The lowest BCUT2D eigenvalue weighted by Gasteiger charge is -2.20. The van der Waals surface area contributed by atoms with Gasteiger partial charge in [-0.15, -0.1) is 0 Å². The molecule has 1 aliphatic heterocycles. The van der Waals surface area contributed by atoms with Crippen LogP contribution >= 0.6 is 11.6 Å². The largest absolute Gasteiger partial charge is 0.378 e. The predicted octanol–water partition coefficient (Wildman–Crippen LogP) is 2.66. The van der Waals surface area contributed by atoms with Crippen molar-refractivity contribution in [3.05, 3.63) is 16.9 Å². The van der Waals surface area contributed by atoms with E-state index >= 15 is 0 Å². The number of hydrogen-bond acceptors (Lipinski definition) is 4. The molecule has 1 fully saturated rings. The molecule has 0 radical (unpaired) electrons. The smallest absolute Gasteiger partial charge is 0.227 e. The summed E-state index contributed by atoms with van der Waals surface area (Å²) in [5.74, 6) is 0.742. The Morgan fingerprint density at radius 1 is 1.24 bits per heavy atom. The Kier molecular flexibility index (Phi) is 4.57. The van der Waals surface area contributed by atoms with Crippen molar-refractivity contribution >= 4 is 17.5 Å². The second-order valence-electron chi connectivity index (χ2n) is 4.32. The number of rotatable bonds is 3. The van der Waals surface area contributed by atoms with Gasteiger partial charge in [-0.25, -0.2) is 9.97 Å². The molecule has 0 aliphatic carbocycles. The van der Waals surface area contributed by atoms with Crippen LogP contribution in [0.3, 0.4) is 0 Å². The first-order chi connectivity index (χ1) is 8.29. The molecular formula is C12H18ClN3O. The van der Waals surface area contributed by atoms with E-state index in [1.165, 1.54) is 25.7 Å². The van der Waals surface area contributed by atoms with Crippen molar-refractivity contribution in [3.8, 4) is 0 Å². The van der Waals surface area contributed by atoms with E-state index in [2.05, 4.69) is 14.9 Å². The first-order valence-corrected chi connectivity index (χ1v) is 6.45. The van der Waals surface area contributed by atoms with Crippen LogP contribution in [0.5, 0.6) is 0 Å². The summed E-state index contributed by atoms with van der Waals surface area (Å²) in [6.45, 7) is 2.52. The van der Waals surface area contributed by atoms with E-state index in [1.807, 2.05) is 0 Å². The highest BCUT2D eigenvalue weighted by atomic mass is 35.5. The van der Waals surface area contributed by atoms with E-state index in [-0.39, 0.29) is 0 Å². The average Bonchev–Trinajstić information content (AvgIpc) is 2.57. The third-order valence-electron chi connectivity index (χ3n) is 2.92. The summed E-state index contributed by atoms with van der Waals surface area (Å²) in [4.78, 5) is 11.0. The van der Waals surface area contributed by atoms with Crippen LogP contribution in [0.15, 0.2) is 6.07 Å². The molecule has 1 aromatic rings. The molecule has 0 amide bonds. The summed E-state index contributed by atoms with van der Waals surface area (Å²) >= 11 is 6.01. The minimum absolute atomic E-state index is 0.475. The topological polar surface area (TPSA) is 38.2 Å². The molecule has 5 heteroatoms. The number of hydrogen-bond donors (Lipinski definition) is 0. The lowest BCUT2D eigenvalue weighted by atomic mass is 10.2. The minimum Gasteiger partial charge on any atom is -0.378 e. The quantitative estimate of drug-likeness (QED) is 0.779. The van der Waals surface area contributed by atoms with E-state index < -0.39 is 0 Å². The van der Waals surface area contributed by atoms with Crippen LogP contribution in [0.25, 0.3) is 0 Å². The summed E-state index contributed by atoms with van der Waals surface area (Å²) in [5.41, 5.74) is 0.840. The van der Waals surface area contributed by atoms with Gasteiger partial charge < -0.3 is 9.64 Å². The second kappa shape index (κ2) is 6.17. The van der Waals surface area contributed by atoms with Crippen LogP contribution < -0.4 is 4.90 Å². The van der Waals surface area contributed by atoms with E-state index in [0.717, 1.165) is 24.7 Å². The molecule has 0 spiro atoms. The first-order valence-electron chi connectivity index (χ1n) is 6.07. The maximum absolute atomic E-state index is 6.01. The van der Waals surface area contributed by atoms with Gasteiger partial charge in [-0.3, -0.25) is 0 Å². The van der Waals surface area contributed by atoms with Crippen molar-refractivity contribution in [2.75, 3.05) is 25.1 Å². The van der Waals surface area contributed by atoms with Crippen LogP contribution in [-0.2, 0) is 11.3 Å². The molecule has 0 unspecified atom stereocenters. The molecule has 0 N–H and O–H groups in total. The van der Waals surface area contributed by atoms with Gasteiger partial charge in [0.05, 0.1) is 12.3 Å². The molecule has 17 heavy (non-hydrogen) atoms. The van der Waals surface area contributed by atoms with Gasteiger partial charge in [0.25, 0.3) is 0 Å². The molecular weight excluding hydrogens is 238 g/mol. The highest BCUT2D eigenvalue weighted by molar-refractivity contribution is 6.29. The van der Waals surface area contributed by atoms with Crippen LogP contribution in [-0.4, -0.2) is 30.2 Å². The molecule has 0 bridgehead atoms. The monoisotopic (exact) mass is 255 g/mol.